The summed E-state index contributed by atoms with van der Waals surface area (Å²) in [5, 5.41) is 0. The zero-order valence-electron chi connectivity index (χ0n) is 8.34. The minimum Gasteiger partial charge on any atom is -0.0913 e. The van der Waals surface area contributed by atoms with Gasteiger partial charge in [0.25, 0.3) is 0 Å². The summed E-state index contributed by atoms with van der Waals surface area (Å²) >= 11 is 0. The van der Waals surface area contributed by atoms with Gasteiger partial charge in [-0.05, 0) is 30.7 Å². The molecule has 0 fully saturated rings. The van der Waals surface area contributed by atoms with Crippen LogP contribution in [0.1, 0.15) is 11.1 Å². The van der Waals surface area contributed by atoms with Crippen molar-refractivity contribution in [2.24, 2.45) is 0 Å². The predicted molar refractivity (Wildman–Crippen MR) is 63.4 cm³/mol. The lowest BCUT2D eigenvalue weighted by atomic mass is 9.98. The zero-order chi connectivity index (χ0) is 11.1. The molecule has 78 valence electrons. The van der Waals surface area contributed by atoms with Crippen LogP contribution >= 0.6 is 7.88 Å². The molecular formula is C12H12F2P+. The van der Waals surface area contributed by atoms with Gasteiger partial charge in [0.15, 0.2) is 0 Å². The highest BCUT2D eigenvalue weighted by molar-refractivity contribution is 7.66. The van der Waals surface area contributed by atoms with Crippen LogP contribution < -0.4 is 0 Å². The van der Waals surface area contributed by atoms with Crippen molar-refractivity contribution < 1.29 is 8.39 Å². The van der Waals surface area contributed by atoms with Crippen molar-refractivity contribution in [3.63, 3.8) is 0 Å². The molecule has 1 aliphatic heterocycles. The Hall–Kier alpha value is -1.01. The number of benzene rings is 1. The van der Waals surface area contributed by atoms with Gasteiger partial charge < -0.3 is 0 Å². The number of fused-ring (bicyclic) bond motifs is 1. The Morgan fingerprint density at radius 1 is 0.933 bits per heavy atom. The van der Waals surface area contributed by atoms with Crippen LogP contribution in [0, 0.1) is 0 Å². The largest absolute Gasteiger partial charge is 0.396 e. The van der Waals surface area contributed by atoms with Gasteiger partial charge in [-0.15, -0.1) is 0 Å². The highest BCUT2D eigenvalue weighted by atomic mass is 31.2. The molecule has 3 heteroatoms. The van der Waals surface area contributed by atoms with Gasteiger partial charge in [-0.2, -0.15) is 0 Å². The van der Waals surface area contributed by atoms with E-state index in [0.29, 0.717) is 11.1 Å². The van der Waals surface area contributed by atoms with E-state index in [4.69, 9.17) is 0 Å². The van der Waals surface area contributed by atoms with Crippen LogP contribution in [0.2, 0.25) is 0 Å². The van der Waals surface area contributed by atoms with Crippen molar-refractivity contribution in [2.75, 3.05) is 12.3 Å². The molecule has 0 unspecified atom stereocenters. The molecule has 0 spiro atoms. The minimum atomic E-state index is -3.87. The molecule has 1 aliphatic rings. The maximum atomic E-state index is 13.5. The molecule has 0 radical (unpaired) electrons. The maximum Gasteiger partial charge on any atom is 0.396 e. The van der Waals surface area contributed by atoms with Crippen molar-refractivity contribution in [1.82, 2.24) is 0 Å². The van der Waals surface area contributed by atoms with E-state index in [0.717, 1.165) is 11.1 Å². The SMILES string of the molecule is C=C1C[P+](F)(F)CC(=C)c2ccccc21. The Labute approximate surface area is 88.9 Å². The van der Waals surface area contributed by atoms with Gasteiger partial charge in [-0.1, -0.05) is 37.4 Å². The molecule has 0 aliphatic carbocycles. The Balaban J connectivity index is 2.55. The van der Waals surface area contributed by atoms with E-state index in [1.54, 1.807) is 0 Å². The highest BCUT2D eigenvalue weighted by Crippen LogP contribution is 2.67. The lowest BCUT2D eigenvalue weighted by Gasteiger charge is -2.05. The average molecular weight is 225 g/mol. The number of rotatable bonds is 0. The van der Waals surface area contributed by atoms with E-state index in [1.807, 2.05) is 24.3 Å². The van der Waals surface area contributed by atoms with Crippen molar-refractivity contribution in [3.05, 3.63) is 48.6 Å². The fourth-order valence-electron chi connectivity index (χ4n) is 1.88. The van der Waals surface area contributed by atoms with Crippen LogP contribution in [-0.4, -0.2) is 12.3 Å². The molecule has 2 rings (SSSR count). The second-order valence-corrected chi connectivity index (χ2v) is 6.00. The van der Waals surface area contributed by atoms with Crippen molar-refractivity contribution in [1.29, 1.82) is 0 Å². The third-order valence-corrected chi connectivity index (χ3v) is 4.22. The third kappa shape index (κ3) is 2.00. The van der Waals surface area contributed by atoms with Gasteiger partial charge in [-0.25, -0.2) is 0 Å². The van der Waals surface area contributed by atoms with Crippen LogP contribution in [0.25, 0.3) is 11.1 Å². The standard InChI is InChI=1S/C12H12F2P/c1-9-7-15(13,14)8-10(2)12-6-4-3-5-11(9)12/h3-6H,1-2,7-8H2/q+1. The monoisotopic (exact) mass is 225 g/mol. The Bertz CT molecular complexity index is 396. The molecule has 0 saturated carbocycles. The van der Waals surface area contributed by atoms with E-state index >= 15 is 0 Å². The normalized spacial score (nSPS) is 19.6. The summed E-state index contributed by atoms with van der Waals surface area (Å²) in [5.41, 5.74) is 2.75. The quantitative estimate of drug-likeness (QED) is 0.570. The second-order valence-electron chi connectivity index (χ2n) is 3.83. The topological polar surface area (TPSA) is 0 Å². The first-order valence-corrected chi connectivity index (χ1v) is 6.65. The fourth-order valence-corrected chi connectivity index (χ4v) is 3.45. The Morgan fingerprint density at radius 3 is 1.73 bits per heavy atom. The van der Waals surface area contributed by atoms with E-state index in [-0.39, 0.29) is 12.3 Å². The lowest BCUT2D eigenvalue weighted by molar-refractivity contribution is 0.713. The molecule has 0 amide bonds. The smallest absolute Gasteiger partial charge is 0.0913 e. The van der Waals surface area contributed by atoms with Crippen LogP contribution in [0.3, 0.4) is 0 Å². The molecule has 0 nitrogen and oxygen atoms in total. The summed E-state index contributed by atoms with van der Waals surface area (Å²) in [6.45, 7) is 7.50. The van der Waals surface area contributed by atoms with Crippen LogP contribution in [0.5, 0.6) is 0 Å². The summed E-state index contributed by atoms with van der Waals surface area (Å²) in [5.74, 6) is 0. The molecule has 1 aromatic rings. The molecule has 0 bridgehead atoms. The molecule has 1 aromatic carbocycles. The Morgan fingerprint density at radius 2 is 1.33 bits per heavy atom. The van der Waals surface area contributed by atoms with Crippen molar-refractivity contribution in [2.45, 2.75) is 0 Å². The molecule has 0 N–H and O–H groups in total. The molecule has 1 heterocycles. The van der Waals surface area contributed by atoms with Gasteiger partial charge in [-0.3, -0.25) is 0 Å². The Kier molecular flexibility index (Phi) is 2.47. The van der Waals surface area contributed by atoms with Gasteiger partial charge in [0, 0.05) is 0 Å². The summed E-state index contributed by atoms with van der Waals surface area (Å²) in [6, 6.07) is 7.38. The van der Waals surface area contributed by atoms with Gasteiger partial charge >= 0.3 is 7.88 Å². The molecule has 0 atom stereocenters. The first-order valence-electron chi connectivity index (χ1n) is 4.71. The van der Waals surface area contributed by atoms with Gasteiger partial charge in [0.05, 0.1) is 0 Å². The summed E-state index contributed by atoms with van der Waals surface area (Å²) in [6.07, 6.45) is -0.327. The zero-order valence-corrected chi connectivity index (χ0v) is 9.24. The number of hydrogen-bond donors (Lipinski definition) is 0. The van der Waals surface area contributed by atoms with Crippen molar-refractivity contribution >= 4 is 19.0 Å². The van der Waals surface area contributed by atoms with E-state index in [9.17, 15) is 8.39 Å². The number of allylic oxidation sites excluding steroid dienone is 2. The maximum absolute atomic E-state index is 13.5. The summed E-state index contributed by atoms with van der Waals surface area (Å²) in [4.78, 5) is 0. The minimum absolute atomic E-state index is 0.164. The van der Waals surface area contributed by atoms with Gasteiger partial charge in [0.1, 0.15) is 12.3 Å². The van der Waals surface area contributed by atoms with Crippen molar-refractivity contribution in [3.8, 4) is 0 Å². The number of hydrogen-bond acceptors (Lipinski definition) is 0. The predicted octanol–water partition coefficient (Wildman–Crippen LogP) is 4.51. The first-order chi connectivity index (χ1) is 6.99. The van der Waals surface area contributed by atoms with E-state index < -0.39 is 7.88 Å². The lowest BCUT2D eigenvalue weighted by Crippen LogP contribution is -1.90. The van der Waals surface area contributed by atoms with E-state index in [1.165, 1.54) is 0 Å². The third-order valence-electron chi connectivity index (χ3n) is 2.53. The highest BCUT2D eigenvalue weighted by Gasteiger charge is 2.45. The summed E-state index contributed by atoms with van der Waals surface area (Å²) < 4.78 is 27.0. The molecular weight excluding hydrogens is 213 g/mol. The van der Waals surface area contributed by atoms with Crippen LogP contribution in [0.15, 0.2) is 37.4 Å². The molecule has 0 saturated heterocycles. The van der Waals surface area contributed by atoms with Crippen LogP contribution in [0.4, 0.5) is 8.39 Å². The second kappa shape index (κ2) is 3.53. The number of halogens is 2. The molecule has 15 heavy (non-hydrogen) atoms. The molecule has 0 aromatic heterocycles. The van der Waals surface area contributed by atoms with E-state index in [2.05, 4.69) is 13.2 Å². The first kappa shape index (κ1) is 10.5. The van der Waals surface area contributed by atoms with Crippen LogP contribution in [-0.2, 0) is 0 Å². The fraction of sp³-hybridized carbons (Fsp3) is 0.167. The summed E-state index contributed by atoms with van der Waals surface area (Å²) in [7, 11) is -3.87. The average Bonchev–Trinajstić information content (AvgIpc) is 2.23. The van der Waals surface area contributed by atoms with Gasteiger partial charge in [0.2, 0.25) is 0 Å².